The quantitative estimate of drug-likeness (QED) is 0.828. The normalized spacial score (nSPS) is 15.6. The third-order valence-corrected chi connectivity index (χ3v) is 3.84. The van der Waals surface area contributed by atoms with Crippen molar-refractivity contribution < 1.29 is 14.7 Å². The standard InChI is InChI=1S/C17H17NO3/c19-16(18-13-8-9-13)15(17(20)21)10-12-6-3-5-11-4-1-2-7-14(11)12/h1-7,13,15H,8-10H2,(H,18,19)(H,20,21). The van der Waals surface area contributed by atoms with E-state index in [1.165, 1.54) is 0 Å². The number of nitrogens with one attached hydrogen (secondary N) is 1. The van der Waals surface area contributed by atoms with E-state index in [4.69, 9.17) is 0 Å². The first-order valence-corrected chi connectivity index (χ1v) is 7.15. The number of carbonyl (C=O) groups is 2. The van der Waals surface area contributed by atoms with E-state index in [9.17, 15) is 14.7 Å². The molecule has 0 bridgehead atoms. The van der Waals surface area contributed by atoms with Crippen molar-refractivity contribution >= 4 is 22.6 Å². The SMILES string of the molecule is O=C(O)C(Cc1cccc2ccccc12)C(=O)NC1CC1. The summed E-state index contributed by atoms with van der Waals surface area (Å²) in [6.07, 6.45) is 2.12. The number of carboxylic acid groups (broad SMARTS) is 1. The van der Waals surface area contributed by atoms with Crippen LogP contribution in [0.3, 0.4) is 0 Å². The van der Waals surface area contributed by atoms with Gasteiger partial charge >= 0.3 is 5.97 Å². The number of carbonyl (C=O) groups excluding carboxylic acids is 1. The average molecular weight is 283 g/mol. The maximum atomic E-state index is 12.1. The highest BCUT2D eigenvalue weighted by Gasteiger charge is 2.31. The number of aliphatic carboxylic acids is 1. The molecule has 108 valence electrons. The molecule has 0 heterocycles. The maximum absolute atomic E-state index is 12.1. The Morgan fingerprint density at radius 2 is 1.86 bits per heavy atom. The van der Waals surface area contributed by atoms with Crippen molar-refractivity contribution in [1.29, 1.82) is 0 Å². The van der Waals surface area contributed by atoms with E-state index in [-0.39, 0.29) is 18.4 Å². The van der Waals surface area contributed by atoms with Gasteiger partial charge in [0.05, 0.1) is 0 Å². The van der Waals surface area contributed by atoms with Crippen LogP contribution in [0.4, 0.5) is 0 Å². The number of amides is 1. The van der Waals surface area contributed by atoms with Gasteiger partial charge in [0.1, 0.15) is 5.92 Å². The molecule has 4 heteroatoms. The highest BCUT2D eigenvalue weighted by atomic mass is 16.4. The van der Waals surface area contributed by atoms with Gasteiger partial charge in [0, 0.05) is 6.04 Å². The van der Waals surface area contributed by atoms with E-state index in [1.54, 1.807) is 0 Å². The minimum Gasteiger partial charge on any atom is -0.481 e. The molecule has 2 aromatic rings. The molecule has 0 aromatic heterocycles. The Morgan fingerprint density at radius 3 is 2.57 bits per heavy atom. The molecule has 2 N–H and O–H groups in total. The van der Waals surface area contributed by atoms with Crippen LogP contribution in [0.5, 0.6) is 0 Å². The van der Waals surface area contributed by atoms with Gasteiger partial charge in [-0.1, -0.05) is 42.5 Å². The highest BCUT2D eigenvalue weighted by molar-refractivity contribution is 5.98. The first-order chi connectivity index (χ1) is 10.1. The van der Waals surface area contributed by atoms with Crippen LogP contribution in [-0.4, -0.2) is 23.0 Å². The molecule has 4 nitrogen and oxygen atoms in total. The predicted octanol–water partition coefficient (Wildman–Crippen LogP) is 2.36. The molecule has 2 aromatic carbocycles. The van der Waals surface area contributed by atoms with Crippen molar-refractivity contribution in [3.63, 3.8) is 0 Å². The zero-order valence-electron chi connectivity index (χ0n) is 11.6. The average Bonchev–Trinajstić information content (AvgIpc) is 3.28. The summed E-state index contributed by atoms with van der Waals surface area (Å²) in [5.74, 6) is -2.48. The first-order valence-electron chi connectivity index (χ1n) is 7.15. The third kappa shape index (κ3) is 3.05. The molecule has 1 amide bonds. The van der Waals surface area contributed by atoms with E-state index in [1.807, 2.05) is 42.5 Å². The Kier molecular flexibility index (Phi) is 3.60. The first kappa shape index (κ1) is 13.6. The maximum Gasteiger partial charge on any atom is 0.316 e. The van der Waals surface area contributed by atoms with Gasteiger partial charge in [-0.25, -0.2) is 0 Å². The van der Waals surface area contributed by atoms with Crippen LogP contribution in [0.25, 0.3) is 10.8 Å². The van der Waals surface area contributed by atoms with Crippen molar-refractivity contribution in [1.82, 2.24) is 5.32 Å². The fraction of sp³-hybridized carbons (Fsp3) is 0.294. The molecule has 1 fully saturated rings. The van der Waals surface area contributed by atoms with E-state index in [0.717, 1.165) is 29.2 Å². The second kappa shape index (κ2) is 5.56. The van der Waals surface area contributed by atoms with Crippen molar-refractivity contribution in [2.24, 2.45) is 5.92 Å². The molecule has 1 saturated carbocycles. The second-order valence-corrected chi connectivity index (χ2v) is 5.52. The van der Waals surface area contributed by atoms with Gasteiger partial charge in [-0.3, -0.25) is 9.59 Å². The molecular formula is C17H17NO3. The molecule has 0 aliphatic heterocycles. The summed E-state index contributed by atoms with van der Waals surface area (Å²) in [4.78, 5) is 23.5. The lowest BCUT2D eigenvalue weighted by Crippen LogP contribution is -2.37. The highest BCUT2D eigenvalue weighted by Crippen LogP contribution is 2.23. The lowest BCUT2D eigenvalue weighted by Gasteiger charge is -2.14. The Bertz CT molecular complexity index is 686. The van der Waals surface area contributed by atoms with Crippen molar-refractivity contribution in [3.05, 3.63) is 48.0 Å². The zero-order chi connectivity index (χ0) is 14.8. The van der Waals surface area contributed by atoms with Crippen molar-refractivity contribution in [3.8, 4) is 0 Å². The van der Waals surface area contributed by atoms with Gasteiger partial charge in [-0.15, -0.1) is 0 Å². The van der Waals surface area contributed by atoms with E-state index >= 15 is 0 Å². The number of benzene rings is 2. The van der Waals surface area contributed by atoms with E-state index < -0.39 is 11.9 Å². The largest absolute Gasteiger partial charge is 0.481 e. The van der Waals surface area contributed by atoms with Crippen LogP contribution in [-0.2, 0) is 16.0 Å². The Morgan fingerprint density at radius 1 is 1.14 bits per heavy atom. The van der Waals surface area contributed by atoms with E-state index in [2.05, 4.69) is 5.32 Å². The molecular weight excluding hydrogens is 266 g/mol. The van der Waals surface area contributed by atoms with Crippen molar-refractivity contribution in [2.45, 2.75) is 25.3 Å². The van der Waals surface area contributed by atoms with E-state index in [0.29, 0.717) is 0 Å². The smallest absolute Gasteiger partial charge is 0.316 e. The summed E-state index contributed by atoms with van der Waals surface area (Å²) < 4.78 is 0. The van der Waals surface area contributed by atoms with Crippen LogP contribution >= 0.6 is 0 Å². The number of hydrogen-bond donors (Lipinski definition) is 2. The van der Waals surface area contributed by atoms with Crippen LogP contribution in [0.2, 0.25) is 0 Å². The number of fused-ring (bicyclic) bond motifs is 1. The summed E-state index contributed by atoms with van der Waals surface area (Å²) in [6, 6.07) is 13.8. The van der Waals surface area contributed by atoms with Crippen molar-refractivity contribution in [2.75, 3.05) is 0 Å². The molecule has 1 aliphatic carbocycles. The molecule has 1 unspecified atom stereocenters. The minimum atomic E-state index is -1.07. The van der Waals surface area contributed by atoms with Crippen LogP contribution in [0.15, 0.2) is 42.5 Å². The molecule has 0 saturated heterocycles. The Labute approximate surface area is 122 Å². The minimum absolute atomic E-state index is 0.173. The Hall–Kier alpha value is -2.36. The summed E-state index contributed by atoms with van der Waals surface area (Å²) in [6.45, 7) is 0. The Balaban J connectivity index is 1.87. The van der Waals surface area contributed by atoms with Crippen LogP contribution in [0, 0.1) is 5.92 Å². The van der Waals surface area contributed by atoms with Gasteiger partial charge in [0.15, 0.2) is 0 Å². The summed E-state index contributed by atoms with van der Waals surface area (Å²) in [7, 11) is 0. The van der Waals surface area contributed by atoms with Gasteiger partial charge < -0.3 is 10.4 Å². The summed E-state index contributed by atoms with van der Waals surface area (Å²) in [5, 5.41) is 14.2. The van der Waals surface area contributed by atoms with Gasteiger partial charge in [0.25, 0.3) is 0 Å². The summed E-state index contributed by atoms with van der Waals surface area (Å²) >= 11 is 0. The topological polar surface area (TPSA) is 66.4 Å². The third-order valence-electron chi connectivity index (χ3n) is 3.84. The number of rotatable bonds is 5. The van der Waals surface area contributed by atoms with Gasteiger partial charge in [-0.2, -0.15) is 0 Å². The molecule has 3 rings (SSSR count). The monoisotopic (exact) mass is 283 g/mol. The van der Waals surface area contributed by atoms with Gasteiger partial charge in [0.2, 0.25) is 5.91 Å². The fourth-order valence-corrected chi connectivity index (χ4v) is 2.51. The number of carboxylic acids is 1. The fourth-order valence-electron chi connectivity index (χ4n) is 2.51. The van der Waals surface area contributed by atoms with Gasteiger partial charge in [-0.05, 0) is 35.6 Å². The lowest BCUT2D eigenvalue weighted by atomic mass is 9.94. The lowest BCUT2D eigenvalue weighted by molar-refractivity contribution is -0.146. The molecule has 0 radical (unpaired) electrons. The summed E-state index contributed by atoms with van der Waals surface area (Å²) in [5.41, 5.74) is 0.895. The predicted molar refractivity (Wildman–Crippen MR) is 79.9 cm³/mol. The zero-order valence-corrected chi connectivity index (χ0v) is 11.6. The molecule has 1 aliphatic rings. The molecule has 21 heavy (non-hydrogen) atoms. The molecule has 1 atom stereocenters. The molecule has 0 spiro atoms. The second-order valence-electron chi connectivity index (χ2n) is 5.52. The number of hydrogen-bond acceptors (Lipinski definition) is 2. The van der Waals surface area contributed by atoms with Crippen LogP contribution in [0.1, 0.15) is 18.4 Å². The van der Waals surface area contributed by atoms with Crippen LogP contribution < -0.4 is 5.32 Å².